The molecular weight excluding hydrogens is 760 g/mol. The number of rotatable bonds is 3. The fourth-order valence-electron chi connectivity index (χ4n) is 4.62. The van der Waals surface area contributed by atoms with Crippen molar-refractivity contribution in [2.24, 2.45) is 0 Å². The van der Waals surface area contributed by atoms with Crippen molar-refractivity contribution in [3.8, 4) is 18.2 Å². The Bertz CT molecular complexity index is 2140. The molecule has 1 aromatic carbocycles. The maximum atomic E-state index is 15.1. The Balaban J connectivity index is 2.36. The van der Waals surface area contributed by atoms with E-state index >= 15 is 8.78 Å². The van der Waals surface area contributed by atoms with Gasteiger partial charge < -0.3 is 0 Å². The molecule has 0 saturated heterocycles. The largest absolute Gasteiger partial charge is 0.436 e. The third kappa shape index (κ3) is 6.71. The smallest absolute Gasteiger partial charge is 0.209 e. The summed E-state index contributed by atoms with van der Waals surface area (Å²) in [6.45, 7) is 0. The zero-order valence-electron chi connectivity index (χ0n) is 23.8. The maximum Gasteiger partial charge on any atom is 0.436 e. The van der Waals surface area contributed by atoms with Gasteiger partial charge in [0.1, 0.15) is 18.2 Å². The van der Waals surface area contributed by atoms with Gasteiger partial charge in [0.15, 0.2) is 34.7 Å². The van der Waals surface area contributed by atoms with E-state index in [1.54, 1.807) is 0 Å². The first-order chi connectivity index (χ1) is 23.7. The molecule has 0 amide bonds. The zero-order chi connectivity index (χ0) is 39.6. The van der Waals surface area contributed by atoms with Crippen LogP contribution in [0.5, 0.6) is 0 Å². The fraction of sp³-hybridized carbons (Fsp3) is 0.138. The van der Waals surface area contributed by atoms with Gasteiger partial charge in [-0.15, -0.1) is 0 Å². The lowest BCUT2D eigenvalue weighted by Gasteiger charge is -2.14. The maximum absolute atomic E-state index is 15.1. The normalized spacial score (nSPS) is 16.5. The van der Waals surface area contributed by atoms with Gasteiger partial charge in [0.25, 0.3) is 0 Å². The first-order valence-electron chi connectivity index (χ1n) is 12.7. The predicted octanol–water partition coefficient (Wildman–Crippen LogP) is 9.63. The summed E-state index contributed by atoms with van der Waals surface area (Å²) >= 11 is 0. The van der Waals surface area contributed by atoms with Crippen LogP contribution >= 0.6 is 0 Å². The first kappa shape index (κ1) is 38.7. The number of pyridine rings is 2. The van der Waals surface area contributed by atoms with Gasteiger partial charge >= 0.3 is 24.7 Å². The zero-order valence-corrected chi connectivity index (χ0v) is 23.8. The Labute approximate surface area is 274 Å². The van der Waals surface area contributed by atoms with Crippen molar-refractivity contribution in [2.45, 2.75) is 24.7 Å². The molecule has 1 aliphatic rings. The van der Waals surface area contributed by atoms with Crippen molar-refractivity contribution in [3.05, 3.63) is 109 Å². The second kappa shape index (κ2) is 12.6. The van der Waals surface area contributed by atoms with Gasteiger partial charge in [-0.1, -0.05) is 0 Å². The van der Waals surface area contributed by atoms with Crippen LogP contribution in [0.15, 0.2) is 34.9 Å². The van der Waals surface area contributed by atoms with E-state index in [1.807, 2.05) is 9.97 Å². The minimum atomic E-state index is -6.00. The van der Waals surface area contributed by atoms with Gasteiger partial charge in [0, 0.05) is 16.7 Å². The molecule has 23 heteroatoms. The number of allylic oxidation sites excluding steroid dienone is 6. The SMILES string of the molecule is N#CC(=C1C(=C(/C#N)c2c(F)c(F)nc(C(F)(F)F)c2F)/C1=C(/C#N)c1c(F)c(F)nc(C(F)(F)F)c1F)c1cc(C(F)(F)F)cc(C(F)(F)F)c1. The molecule has 0 aliphatic heterocycles. The summed E-state index contributed by atoms with van der Waals surface area (Å²) in [6, 6.07) is 1.55. The standard InChI is InChI=1S/C29H3F18N5/c30-18-16(20(32)24(34)51-22(18)28(42,43)44)11(5-49)14-13(10(4-48)7-1-8(26(36,37)38)3-9(2-7)27(39,40)41)15(14)12(6-50)17-19(31)23(29(45,46)47)52-25(35)21(17)33/h1-3H/b13-10?,14-11-,15-12+. The first-order valence-corrected chi connectivity index (χ1v) is 12.7. The highest BCUT2D eigenvalue weighted by molar-refractivity contribution is 6.12. The van der Waals surface area contributed by atoms with Gasteiger partial charge in [-0.05, 0) is 23.8 Å². The number of hydrogen-bond acceptors (Lipinski definition) is 5. The van der Waals surface area contributed by atoms with Crippen LogP contribution in [-0.4, -0.2) is 9.97 Å². The third-order valence-electron chi connectivity index (χ3n) is 6.76. The summed E-state index contributed by atoms with van der Waals surface area (Å²) < 4.78 is 251. The molecule has 1 fully saturated rings. The van der Waals surface area contributed by atoms with Crippen LogP contribution in [-0.2, 0) is 24.7 Å². The number of halogens is 18. The minimum Gasteiger partial charge on any atom is -0.209 e. The van der Waals surface area contributed by atoms with Crippen molar-refractivity contribution < 1.29 is 79.0 Å². The number of benzene rings is 1. The molecule has 1 aliphatic carbocycles. The molecule has 0 atom stereocenters. The molecule has 0 radical (unpaired) electrons. The molecule has 0 unspecified atom stereocenters. The molecule has 1 saturated carbocycles. The topological polar surface area (TPSA) is 97.1 Å². The predicted molar refractivity (Wildman–Crippen MR) is 132 cm³/mol. The average Bonchev–Trinajstić information content (AvgIpc) is 3.72. The van der Waals surface area contributed by atoms with E-state index in [4.69, 9.17) is 0 Å². The Morgan fingerprint density at radius 1 is 0.442 bits per heavy atom. The Kier molecular flexibility index (Phi) is 9.40. The van der Waals surface area contributed by atoms with Gasteiger partial charge in [-0.2, -0.15) is 77.3 Å². The third-order valence-corrected chi connectivity index (χ3v) is 6.76. The van der Waals surface area contributed by atoms with Crippen molar-refractivity contribution >= 4 is 16.7 Å². The summed E-state index contributed by atoms with van der Waals surface area (Å²) in [6.07, 6.45) is -23.3. The Morgan fingerprint density at radius 3 is 1.02 bits per heavy atom. The summed E-state index contributed by atoms with van der Waals surface area (Å²) in [4.78, 5) is 4.00. The van der Waals surface area contributed by atoms with Crippen molar-refractivity contribution in [1.82, 2.24) is 9.97 Å². The molecular formula is C29H3F18N5. The van der Waals surface area contributed by atoms with E-state index in [1.165, 1.54) is 0 Å². The molecule has 3 aromatic rings. The Morgan fingerprint density at radius 2 is 0.750 bits per heavy atom. The second-order valence-electron chi connectivity index (χ2n) is 9.88. The quantitative estimate of drug-likeness (QED) is 0.150. The highest BCUT2D eigenvalue weighted by atomic mass is 19.4. The average molecular weight is 763 g/mol. The molecule has 0 N–H and O–H groups in total. The summed E-state index contributed by atoms with van der Waals surface area (Å²) in [7, 11) is 0. The van der Waals surface area contributed by atoms with E-state index in [9.17, 15) is 86.0 Å². The Hall–Kier alpha value is -6.05. The van der Waals surface area contributed by atoms with Crippen LogP contribution in [0, 0.1) is 69.2 Å². The van der Waals surface area contributed by atoms with Crippen molar-refractivity contribution in [3.63, 3.8) is 0 Å². The highest BCUT2D eigenvalue weighted by Crippen LogP contribution is 2.57. The molecule has 270 valence electrons. The fourth-order valence-corrected chi connectivity index (χ4v) is 4.62. The van der Waals surface area contributed by atoms with Crippen LogP contribution in [0.3, 0.4) is 0 Å². The van der Waals surface area contributed by atoms with Gasteiger partial charge in [-0.25, -0.2) is 27.5 Å². The number of aromatic nitrogens is 2. The lowest BCUT2D eigenvalue weighted by Crippen LogP contribution is -2.16. The number of hydrogen-bond donors (Lipinski definition) is 0. The van der Waals surface area contributed by atoms with E-state index in [-0.39, 0.29) is 12.1 Å². The number of nitriles is 3. The van der Waals surface area contributed by atoms with Crippen molar-refractivity contribution in [2.75, 3.05) is 0 Å². The van der Waals surface area contributed by atoms with E-state index < -0.39 is 139 Å². The van der Waals surface area contributed by atoms with Crippen LogP contribution in [0.25, 0.3) is 16.7 Å². The summed E-state index contributed by atoms with van der Waals surface area (Å²) in [5, 5.41) is 29.4. The molecule has 2 aromatic heterocycles. The number of nitrogens with zero attached hydrogens (tertiary/aromatic N) is 5. The van der Waals surface area contributed by atoms with Crippen LogP contribution < -0.4 is 0 Å². The minimum absolute atomic E-state index is 0.226. The van der Waals surface area contributed by atoms with E-state index in [0.29, 0.717) is 0 Å². The van der Waals surface area contributed by atoms with Crippen LogP contribution in [0.4, 0.5) is 79.0 Å². The second-order valence-corrected chi connectivity index (χ2v) is 9.88. The van der Waals surface area contributed by atoms with Crippen molar-refractivity contribution in [1.29, 1.82) is 15.8 Å². The molecule has 5 nitrogen and oxygen atoms in total. The molecule has 4 rings (SSSR count). The van der Waals surface area contributed by atoms with Crippen LogP contribution in [0.1, 0.15) is 39.2 Å². The molecule has 2 heterocycles. The van der Waals surface area contributed by atoms with Gasteiger partial charge in [0.05, 0.1) is 39.0 Å². The molecule has 0 spiro atoms. The number of alkyl halides is 12. The lowest BCUT2D eigenvalue weighted by molar-refractivity contribution is -0.145. The highest BCUT2D eigenvalue weighted by Gasteiger charge is 2.48. The summed E-state index contributed by atoms with van der Waals surface area (Å²) in [5.41, 5.74) is -27.1. The lowest BCUT2D eigenvalue weighted by atomic mass is 9.98. The van der Waals surface area contributed by atoms with E-state index in [2.05, 4.69) is 0 Å². The molecule has 0 bridgehead atoms. The molecule has 52 heavy (non-hydrogen) atoms. The summed E-state index contributed by atoms with van der Waals surface area (Å²) in [5.74, 6) is -17.1. The van der Waals surface area contributed by atoms with Gasteiger partial charge in [0.2, 0.25) is 11.9 Å². The van der Waals surface area contributed by atoms with E-state index in [0.717, 1.165) is 18.2 Å². The monoisotopic (exact) mass is 763 g/mol. The van der Waals surface area contributed by atoms with Crippen LogP contribution in [0.2, 0.25) is 0 Å². The van der Waals surface area contributed by atoms with Gasteiger partial charge in [-0.3, -0.25) is 0 Å².